The Kier molecular flexibility index (Phi) is 17.7. The molecule has 0 fully saturated rings. The van der Waals surface area contributed by atoms with Gasteiger partial charge in [0, 0.05) is 12.3 Å². The van der Waals surface area contributed by atoms with Gasteiger partial charge in [-0.25, -0.2) is 15.0 Å². The number of esters is 1. The van der Waals surface area contributed by atoms with Crippen molar-refractivity contribution >= 4 is 51.4 Å². The summed E-state index contributed by atoms with van der Waals surface area (Å²) in [5.74, 6) is -3.47. The Balaban J connectivity index is 1.70. The number of rotatable bonds is 20. The van der Waals surface area contributed by atoms with Crippen LogP contribution in [0.25, 0.3) is 0 Å². The number of carbonyl (C=O) groups is 5. The molecule has 0 saturated heterocycles. The van der Waals surface area contributed by atoms with E-state index in [-0.39, 0.29) is 12.2 Å². The summed E-state index contributed by atoms with van der Waals surface area (Å²) in [4.78, 5) is 63.9. The molecule has 3 aromatic carbocycles. The highest BCUT2D eigenvalue weighted by Gasteiger charge is 2.38. The third-order valence-electron chi connectivity index (χ3n) is 7.98. The van der Waals surface area contributed by atoms with Gasteiger partial charge in [-0.3, -0.25) is 19.8 Å². The van der Waals surface area contributed by atoms with Gasteiger partial charge in [-0.15, -0.1) is 0 Å². The topological polar surface area (TPSA) is 198 Å². The van der Waals surface area contributed by atoms with E-state index in [1.807, 2.05) is 54.6 Å². The molecular formula is C41H55N5O8S2. The zero-order valence-corrected chi connectivity index (χ0v) is 34.5. The number of carboxylic acids is 1. The first-order valence-corrected chi connectivity index (χ1v) is 20.7. The van der Waals surface area contributed by atoms with Gasteiger partial charge in [0.2, 0.25) is 11.8 Å². The van der Waals surface area contributed by atoms with Gasteiger partial charge >= 0.3 is 18.0 Å². The van der Waals surface area contributed by atoms with Crippen molar-refractivity contribution < 1.29 is 38.6 Å². The van der Waals surface area contributed by atoms with Gasteiger partial charge in [-0.1, -0.05) is 113 Å². The minimum atomic E-state index is -1.46. The number of hydrogen-bond acceptors (Lipinski definition) is 11. The maximum Gasteiger partial charge on any atom is 0.422 e. The number of carboxylic acid groups (broad SMARTS) is 1. The van der Waals surface area contributed by atoms with Crippen molar-refractivity contribution in [2.75, 3.05) is 12.3 Å². The smallest absolute Gasteiger partial charge is 0.422 e. The van der Waals surface area contributed by atoms with E-state index in [4.69, 9.17) is 15.2 Å². The molecule has 0 aromatic heterocycles. The third-order valence-corrected chi connectivity index (χ3v) is 11.1. The first kappa shape index (κ1) is 45.8. The summed E-state index contributed by atoms with van der Waals surface area (Å²) in [6.45, 7) is 10.5. The molecule has 0 heterocycles. The Morgan fingerprint density at radius 1 is 0.696 bits per heavy atom. The van der Waals surface area contributed by atoms with Crippen LogP contribution < -0.4 is 27.2 Å². The lowest BCUT2D eigenvalue weighted by molar-refractivity contribution is -0.156. The van der Waals surface area contributed by atoms with Crippen LogP contribution in [0, 0.1) is 0 Å². The van der Waals surface area contributed by atoms with Crippen molar-refractivity contribution in [3.63, 3.8) is 0 Å². The van der Waals surface area contributed by atoms with Crippen molar-refractivity contribution in [1.82, 2.24) is 21.5 Å². The van der Waals surface area contributed by atoms with Crippen LogP contribution in [0.4, 0.5) is 4.79 Å². The highest BCUT2D eigenvalue weighted by Crippen LogP contribution is 2.53. The lowest BCUT2D eigenvalue weighted by atomic mass is 9.84. The molecule has 15 heteroatoms. The number of hydrazine groups is 1. The molecule has 0 aliphatic rings. The molecule has 304 valence electrons. The number of unbranched alkanes of at least 4 members (excludes halogenated alkanes) is 1. The second-order valence-electron chi connectivity index (χ2n) is 15.1. The molecule has 3 rings (SSSR count). The van der Waals surface area contributed by atoms with Gasteiger partial charge in [0.15, 0.2) is 0 Å². The van der Waals surface area contributed by atoms with E-state index in [9.17, 15) is 29.1 Å². The Hall–Kier alpha value is -4.57. The highest BCUT2D eigenvalue weighted by molar-refractivity contribution is 8.77. The third kappa shape index (κ3) is 15.2. The molecule has 3 amide bonds. The molecule has 3 aromatic rings. The van der Waals surface area contributed by atoms with E-state index in [1.165, 1.54) is 10.8 Å². The van der Waals surface area contributed by atoms with E-state index in [1.54, 1.807) is 52.3 Å². The maximum atomic E-state index is 13.6. The van der Waals surface area contributed by atoms with Crippen molar-refractivity contribution in [2.24, 2.45) is 5.73 Å². The zero-order chi connectivity index (χ0) is 41.4. The van der Waals surface area contributed by atoms with Crippen molar-refractivity contribution in [3.05, 3.63) is 108 Å². The van der Waals surface area contributed by atoms with E-state index >= 15 is 0 Å². The fourth-order valence-corrected chi connectivity index (χ4v) is 8.78. The van der Waals surface area contributed by atoms with E-state index in [2.05, 4.69) is 57.9 Å². The Morgan fingerprint density at radius 3 is 1.64 bits per heavy atom. The van der Waals surface area contributed by atoms with Crippen LogP contribution in [0.1, 0.15) is 83.9 Å². The van der Waals surface area contributed by atoms with Gasteiger partial charge in [-0.05, 0) is 77.5 Å². The van der Waals surface area contributed by atoms with Gasteiger partial charge in [0.05, 0.1) is 12.5 Å². The summed E-state index contributed by atoms with van der Waals surface area (Å²) < 4.78 is 9.90. The average Bonchev–Trinajstić information content (AvgIpc) is 3.13. The van der Waals surface area contributed by atoms with Crippen molar-refractivity contribution in [3.8, 4) is 0 Å². The summed E-state index contributed by atoms with van der Waals surface area (Å²) in [6, 6.07) is 26.2. The first-order valence-electron chi connectivity index (χ1n) is 18.4. The van der Waals surface area contributed by atoms with Crippen molar-refractivity contribution in [1.29, 1.82) is 0 Å². The zero-order valence-electron chi connectivity index (χ0n) is 32.8. The van der Waals surface area contributed by atoms with E-state index in [0.29, 0.717) is 19.4 Å². The molecule has 0 bridgehead atoms. The summed E-state index contributed by atoms with van der Waals surface area (Å²) in [5.41, 5.74) is 13.1. The van der Waals surface area contributed by atoms with Gasteiger partial charge in [-0.2, -0.15) is 0 Å². The predicted molar refractivity (Wildman–Crippen MR) is 220 cm³/mol. The second-order valence-corrected chi connectivity index (χ2v) is 17.6. The van der Waals surface area contributed by atoms with E-state index in [0.717, 1.165) is 16.7 Å². The number of ether oxygens (including phenoxy) is 2. The lowest BCUT2D eigenvalue weighted by Crippen LogP contribution is -2.55. The van der Waals surface area contributed by atoms with Crippen LogP contribution in [0.15, 0.2) is 91.0 Å². The minimum absolute atomic E-state index is 0.0433. The number of hydrogen-bond donors (Lipinski definition) is 6. The Morgan fingerprint density at radius 2 is 1.18 bits per heavy atom. The monoisotopic (exact) mass is 809 g/mol. The van der Waals surface area contributed by atoms with Gasteiger partial charge in [0.1, 0.15) is 28.0 Å². The molecule has 56 heavy (non-hydrogen) atoms. The number of amides is 3. The average molecular weight is 810 g/mol. The number of benzene rings is 3. The highest BCUT2D eigenvalue weighted by atomic mass is 33.1. The van der Waals surface area contributed by atoms with Crippen LogP contribution >= 0.6 is 21.6 Å². The van der Waals surface area contributed by atoms with Crippen LogP contribution in [0.5, 0.6) is 0 Å². The Labute approximate surface area is 337 Å². The molecule has 7 N–H and O–H groups in total. The largest absolute Gasteiger partial charge is 0.480 e. The molecule has 13 nitrogen and oxygen atoms in total. The van der Waals surface area contributed by atoms with Crippen LogP contribution in [-0.2, 0) is 33.4 Å². The molecule has 3 atom stereocenters. The standard InChI is InChI=1S/C41H55N5O8S2/c1-39(2,3)53-34(47)26-33(36(49)44-32(37(50)51)24-16-17-25-43-46-38(52)54-40(4,5)6)45-35(48)31(42)27-55-56-41(28-18-10-7-11-19-28,29-20-12-8-13-21-29)30-22-14-9-15-23-30/h7-15,18-23,31-33,43H,16-17,24-27,42H2,1-6H3,(H,44,49)(H,45,48)(H,46,52)(H,50,51)/t31-,32-,33-/m0/s1. The number of carbonyl (C=O) groups excluding carboxylic acids is 4. The quantitative estimate of drug-likeness (QED) is 0.0269. The molecule has 0 saturated carbocycles. The summed E-state index contributed by atoms with van der Waals surface area (Å²) in [7, 11) is 2.95. The first-order chi connectivity index (χ1) is 26.4. The molecule has 0 aliphatic carbocycles. The van der Waals surface area contributed by atoms with Crippen LogP contribution in [0.3, 0.4) is 0 Å². The molecule has 0 aliphatic heterocycles. The summed E-state index contributed by atoms with van der Waals surface area (Å²) in [6.07, 6.45) is -0.336. The molecule has 0 spiro atoms. The van der Waals surface area contributed by atoms with Crippen LogP contribution in [0.2, 0.25) is 0 Å². The number of aliphatic carboxylic acids is 1. The molecule has 0 unspecified atom stereocenters. The lowest BCUT2D eigenvalue weighted by Gasteiger charge is -2.35. The number of nitrogens with one attached hydrogen (secondary N) is 4. The summed E-state index contributed by atoms with van der Waals surface area (Å²) in [5, 5.41) is 14.9. The summed E-state index contributed by atoms with van der Waals surface area (Å²) >= 11 is 0. The SMILES string of the molecule is CC(C)(C)OC(=O)C[C@H](NC(=O)[C@@H](N)CSSC(c1ccccc1)(c1ccccc1)c1ccccc1)C(=O)N[C@@H](CCCCNNC(=O)OC(C)(C)C)C(=O)O. The fourth-order valence-electron chi connectivity index (χ4n) is 5.50. The predicted octanol–water partition coefficient (Wildman–Crippen LogP) is 5.67. The molecule has 0 radical (unpaired) electrons. The molecular weight excluding hydrogens is 755 g/mol. The van der Waals surface area contributed by atoms with Gasteiger partial charge < -0.3 is 30.9 Å². The second kappa shape index (κ2) is 21.7. The van der Waals surface area contributed by atoms with Gasteiger partial charge in [0.25, 0.3) is 0 Å². The number of nitrogens with two attached hydrogens (primary N) is 1. The normalized spacial score (nSPS) is 13.4. The van der Waals surface area contributed by atoms with Crippen molar-refractivity contribution in [2.45, 2.75) is 101 Å². The maximum absolute atomic E-state index is 13.6. The fraction of sp³-hybridized carbons (Fsp3) is 0.439. The minimum Gasteiger partial charge on any atom is -0.480 e. The van der Waals surface area contributed by atoms with E-state index < -0.39 is 70.3 Å². The Bertz CT molecular complexity index is 1620. The van der Waals surface area contributed by atoms with Crippen LogP contribution in [-0.4, -0.2) is 76.6 Å².